The van der Waals surface area contributed by atoms with Gasteiger partial charge in [0.15, 0.2) is 0 Å². The zero-order valence-electron chi connectivity index (χ0n) is 12.0. The third-order valence-electron chi connectivity index (χ3n) is 3.42. The summed E-state index contributed by atoms with van der Waals surface area (Å²) in [6.07, 6.45) is 2.12. The maximum atomic E-state index is 11.8. The van der Waals surface area contributed by atoms with Crippen LogP contribution >= 0.6 is 7.60 Å². The van der Waals surface area contributed by atoms with Gasteiger partial charge in [-0.15, -0.1) is 6.42 Å². The first-order valence-electron chi connectivity index (χ1n) is 6.51. The quantitative estimate of drug-likeness (QED) is 0.420. The zero-order chi connectivity index (χ0) is 15.8. The SMILES string of the molecule is Cc1cn([C@H]2C[CH-][C@@H]([C@H](C)CP(=O)([O-])O)O2)c(=O)[nH]c1=O.[Os+]. The van der Waals surface area contributed by atoms with Gasteiger partial charge in [-0.2, -0.15) is 0 Å². The Bertz CT molecular complexity index is 681. The van der Waals surface area contributed by atoms with Crippen LogP contribution in [0, 0.1) is 19.3 Å². The van der Waals surface area contributed by atoms with E-state index in [0.717, 1.165) is 0 Å². The van der Waals surface area contributed by atoms with Crippen LogP contribution in [0.2, 0.25) is 0 Å². The summed E-state index contributed by atoms with van der Waals surface area (Å²) in [5.74, 6) is -0.428. The number of aryl methyl sites for hydroxylation is 1. The predicted octanol–water partition coefficient (Wildman–Crippen LogP) is -0.484. The van der Waals surface area contributed by atoms with Crippen molar-refractivity contribution in [1.82, 2.24) is 9.55 Å². The Morgan fingerprint density at radius 2 is 2.27 bits per heavy atom. The maximum Gasteiger partial charge on any atom is 1.00 e. The molecule has 8 nitrogen and oxygen atoms in total. The van der Waals surface area contributed by atoms with Crippen LogP contribution in [0.25, 0.3) is 0 Å². The molecule has 0 bridgehead atoms. The molecule has 4 atom stereocenters. The Morgan fingerprint density at radius 1 is 1.64 bits per heavy atom. The fraction of sp³-hybridized carbons (Fsp3) is 0.583. The van der Waals surface area contributed by atoms with E-state index in [9.17, 15) is 19.0 Å². The first-order chi connectivity index (χ1) is 9.67. The fourth-order valence-electron chi connectivity index (χ4n) is 2.36. The van der Waals surface area contributed by atoms with E-state index in [1.807, 2.05) is 0 Å². The minimum atomic E-state index is -4.36. The number of aromatic amines is 1. The maximum absolute atomic E-state index is 11.8. The van der Waals surface area contributed by atoms with E-state index in [-0.39, 0.29) is 26.0 Å². The number of H-pyrrole nitrogens is 1. The molecule has 1 saturated heterocycles. The van der Waals surface area contributed by atoms with Gasteiger partial charge in [-0.05, 0) is 12.8 Å². The minimum absolute atomic E-state index is 0. The number of nitrogens with zero attached hydrogens (tertiary/aromatic N) is 1. The fourth-order valence-corrected chi connectivity index (χ4v) is 3.29. The van der Waals surface area contributed by atoms with Gasteiger partial charge < -0.3 is 19.1 Å². The molecular weight excluding hydrogens is 489 g/mol. The van der Waals surface area contributed by atoms with Crippen molar-refractivity contribution in [3.05, 3.63) is 39.0 Å². The first-order valence-corrected chi connectivity index (χ1v) is 8.27. The number of hydrogen-bond acceptors (Lipinski definition) is 5. The molecule has 10 heteroatoms. The Kier molecular flexibility index (Phi) is 6.49. The van der Waals surface area contributed by atoms with Crippen molar-refractivity contribution in [3.63, 3.8) is 0 Å². The second kappa shape index (κ2) is 7.33. The number of hydrogen-bond donors (Lipinski definition) is 2. The molecule has 1 aromatic heterocycles. The Morgan fingerprint density at radius 3 is 2.86 bits per heavy atom. The molecule has 1 unspecified atom stereocenters. The molecule has 2 heterocycles. The van der Waals surface area contributed by atoms with Crippen molar-refractivity contribution < 1.29 is 38.9 Å². The van der Waals surface area contributed by atoms with E-state index in [2.05, 4.69) is 4.98 Å². The molecule has 0 aliphatic carbocycles. The van der Waals surface area contributed by atoms with E-state index in [1.54, 1.807) is 20.3 Å². The van der Waals surface area contributed by atoms with Gasteiger partial charge in [0.2, 0.25) is 0 Å². The van der Waals surface area contributed by atoms with Gasteiger partial charge in [-0.3, -0.25) is 20.8 Å². The molecular formula is C12H17N2O6OsP-. The van der Waals surface area contributed by atoms with Crippen LogP contribution in [-0.2, 0) is 29.1 Å². The van der Waals surface area contributed by atoms with E-state index in [4.69, 9.17) is 9.63 Å². The molecule has 2 N–H and O–H groups in total. The topological polar surface area (TPSA) is 124 Å². The Labute approximate surface area is 140 Å². The number of ether oxygens (including phenoxy) is 1. The summed E-state index contributed by atoms with van der Waals surface area (Å²) in [6.45, 7) is 3.22. The second-order valence-corrected chi connectivity index (χ2v) is 6.94. The molecule has 0 spiro atoms. The van der Waals surface area contributed by atoms with Gasteiger partial charge in [0.05, 0.1) is 0 Å². The van der Waals surface area contributed by atoms with Crippen molar-refractivity contribution >= 4 is 7.60 Å². The van der Waals surface area contributed by atoms with Gasteiger partial charge in [-0.25, -0.2) is 4.79 Å². The van der Waals surface area contributed by atoms with E-state index < -0.39 is 37.1 Å². The van der Waals surface area contributed by atoms with Gasteiger partial charge in [0.1, 0.15) is 13.8 Å². The van der Waals surface area contributed by atoms with Crippen LogP contribution in [0.3, 0.4) is 0 Å². The first kappa shape index (κ1) is 19.5. The predicted molar refractivity (Wildman–Crippen MR) is 72.7 cm³/mol. The molecule has 0 amide bonds. The van der Waals surface area contributed by atoms with Crippen LogP contribution < -0.4 is 16.1 Å². The second-order valence-electron chi connectivity index (χ2n) is 5.30. The molecule has 0 aromatic carbocycles. The molecule has 0 saturated carbocycles. The van der Waals surface area contributed by atoms with Crippen LogP contribution in [-0.4, -0.2) is 26.7 Å². The average molecular weight is 506 g/mol. The van der Waals surface area contributed by atoms with Gasteiger partial charge >= 0.3 is 25.5 Å². The third-order valence-corrected chi connectivity index (χ3v) is 4.46. The molecule has 1 aliphatic rings. The summed E-state index contributed by atoms with van der Waals surface area (Å²) in [5, 5.41) is 0. The van der Waals surface area contributed by atoms with Gasteiger partial charge in [-0.1, -0.05) is 13.0 Å². The van der Waals surface area contributed by atoms with Crippen LogP contribution in [0.5, 0.6) is 0 Å². The van der Waals surface area contributed by atoms with Crippen molar-refractivity contribution in [2.45, 2.75) is 32.6 Å². The molecule has 2 rings (SSSR count). The minimum Gasteiger partial charge on any atom is -0.779 e. The summed E-state index contributed by atoms with van der Waals surface area (Å²) in [6, 6.07) is 0. The normalized spacial score (nSPS) is 25.3. The Hall–Kier alpha value is -0.574. The van der Waals surface area contributed by atoms with Gasteiger partial charge in [0, 0.05) is 17.9 Å². The molecule has 1 aromatic rings. The smallest absolute Gasteiger partial charge is 0.779 e. The summed E-state index contributed by atoms with van der Waals surface area (Å²) in [7, 11) is -4.36. The number of rotatable bonds is 4. The largest absolute Gasteiger partial charge is 1.00 e. The molecule has 1 radical (unpaired) electrons. The van der Waals surface area contributed by atoms with Crippen molar-refractivity contribution in [2.75, 3.05) is 6.16 Å². The van der Waals surface area contributed by atoms with Crippen LogP contribution in [0.4, 0.5) is 0 Å². The van der Waals surface area contributed by atoms with E-state index in [0.29, 0.717) is 12.0 Å². The Balaban J connectivity index is 0.00000242. The molecule has 1 aliphatic heterocycles. The molecule has 1 fully saturated rings. The monoisotopic (exact) mass is 508 g/mol. The average Bonchev–Trinajstić information content (AvgIpc) is 2.81. The van der Waals surface area contributed by atoms with Gasteiger partial charge in [0.25, 0.3) is 5.56 Å². The third kappa shape index (κ3) is 4.71. The van der Waals surface area contributed by atoms with E-state index in [1.165, 1.54) is 10.8 Å². The van der Waals surface area contributed by atoms with E-state index >= 15 is 0 Å². The zero-order valence-corrected chi connectivity index (χ0v) is 15.5. The summed E-state index contributed by atoms with van der Waals surface area (Å²) in [4.78, 5) is 45.1. The summed E-state index contributed by atoms with van der Waals surface area (Å²) in [5.41, 5.74) is -0.640. The molecule has 22 heavy (non-hydrogen) atoms. The van der Waals surface area contributed by atoms with Crippen molar-refractivity contribution in [2.24, 2.45) is 5.92 Å². The number of aromatic nitrogens is 2. The molecule has 125 valence electrons. The van der Waals surface area contributed by atoms with Crippen LogP contribution in [0.15, 0.2) is 15.8 Å². The number of nitrogens with one attached hydrogen (secondary N) is 1. The van der Waals surface area contributed by atoms with Crippen molar-refractivity contribution in [1.29, 1.82) is 0 Å². The summed E-state index contributed by atoms with van der Waals surface area (Å²) >= 11 is 0. The van der Waals surface area contributed by atoms with Crippen LogP contribution in [0.1, 0.15) is 25.1 Å². The standard InChI is InChI=1S/C12H18N2O6P.Os/c1-7-5-14(12(16)13-11(7)15)10-4-3-9(20-10)8(2)6-21(17,18)19;/h3,5,8-10H,4,6H2,1-2H3,(H,13,15,16)(H2,17,18,19);/q-1;+1/p-1/t8-,9+,10-;/m1./s1. The summed E-state index contributed by atoms with van der Waals surface area (Å²) < 4.78 is 17.8. The van der Waals surface area contributed by atoms with Crippen molar-refractivity contribution in [3.8, 4) is 0 Å².